The van der Waals surface area contributed by atoms with E-state index < -0.39 is 0 Å². The van der Waals surface area contributed by atoms with E-state index in [0.717, 1.165) is 11.2 Å². The van der Waals surface area contributed by atoms with Crippen molar-refractivity contribution in [2.75, 3.05) is 18.1 Å². The topological polar surface area (TPSA) is 120 Å². The Labute approximate surface area is 149 Å². The molecule has 3 heterocycles. The Hall–Kier alpha value is -3.13. The van der Waals surface area contributed by atoms with Crippen LogP contribution < -0.4 is 16.8 Å². The minimum Gasteiger partial charge on any atom is -0.404 e. The first kappa shape index (κ1) is 16.7. The lowest BCUT2D eigenvalue weighted by Gasteiger charge is -2.10. The average Bonchev–Trinajstić information content (AvgIpc) is 3.00. The lowest BCUT2D eigenvalue weighted by Crippen LogP contribution is -2.08. The first-order valence-corrected chi connectivity index (χ1v) is 7.82. The maximum Gasteiger partial charge on any atom is 0.169 e. The molecule has 0 aliphatic carbocycles. The van der Waals surface area contributed by atoms with Gasteiger partial charge in [0, 0.05) is 37.8 Å². The minimum absolute atomic E-state index is 0.301. The second-order valence-corrected chi connectivity index (χ2v) is 5.59. The summed E-state index contributed by atoms with van der Waals surface area (Å²) in [4.78, 5) is 16.8. The van der Waals surface area contributed by atoms with Gasteiger partial charge in [-0.2, -0.15) is 0 Å². The summed E-state index contributed by atoms with van der Waals surface area (Å²) >= 11 is 6.10. The normalized spacial score (nSPS) is 12.2. The van der Waals surface area contributed by atoms with Gasteiger partial charge < -0.3 is 16.8 Å². The summed E-state index contributed by atoms with van der Waals surface area (Å²) in [7, 11) is 1.66. The molecule has 9 heteroatoms. The highest BCUT2D eigenvalue weighted by atomic mass is 35.5. The number of rotatable bonds is 5. The Balaban J connectivity index is 1.83. The van der Waals surface area contributed by atoms with Crippen molar-refractivity contribution in [2.45, 2.75) is 6.54 Å². The lowest BCUT2D eigenvalue weighted by atomic mass is 10.2. The smallest absolute Gasteiger partial charge is 0.169 e. The number of hydrogen-bond donors (Lipinski definition) is 3. The number of pyridine rings is 1. The Kier molecular flexibility index (Phi) is 4.80. The summed E-state index contributed by atoms with van der Waals surface area (Å²) in [6.45, 7) is 0.496. The van der Waals surface area contributed by atoms with Crippen molar-refractivity contribution in [1.82, 2.24) is 19.4 Å². The monoisotopic (exact) mass is 356 g/mol. The van der Waals surface area contributed by atoms with Gasteiger partial charge in [0.25, 0.3) is 0 Å². The van der Waals surface area contributed by atoms with Gasteiger partial charge in [0.05, 0.1) is 18.1 Å². The lowest BCUT2D eigenvalue weighted by molar-refractivity contribution is 1.05. The number of nitrogen functional groups attached to an aromatic ring is 1. The summed E-state index contributed by atoms with van der Waals surface area (Å²) < 4.78 is 1.80. The minimum atomic E-state index is 0.301. The first-order valence-electron chi connectivity index (χ1n) is 7.44. The highest BCUT2D eigenvalue weighted by Gasteiger charge is 2.08. The van der Waals surface area contributed by atoms with Gasteiger partial charge in [0.15, 0.2) is 11.6 Å². The molecule has 0 atom stereocenters. The number of nitrogens with two attached hydrogens (primary N) is 2. The molecule has 0 aliphatic heterocycles. The van der Waals surface area contributed by atoms with E-state index >= 15 is 0 Å². The van der Waals surface area contributed by atoms with E-state index in [1.165, 1.54) is 6.20 Å². The first-order chi connectivity index (χ1) is 12.1. The second kappa shape index (κ2) is 7.18. The van der Waals surface area contributed by atoms with Gasteiger partial charge in [-0.3, -0.25) is 9.39 Å². The number of aromatic nitrogens is 4. The molecule has 0 amide bonds. The molecule has 25 heavy (non-hydrogen) atoms. The van der Waals surface area contributed by atoms with Crippen LogP contribution in [0.5, 0.6) is 0 Å². The molecule has 0 aliphatic rings. The van der Waals surface area contributed by atoms with Crippen molar-refractivity contribution >= 4 is 40.7 Å². The van der Waals surface area contributed by atoms with Gasteiger partial charge in [-0.25, -0.2) is 15.0 Å². The zero-order valence-corrected chi connectivity index (χ0v) is 14.3. The number of aliphatic imine (C=N–C) groups is 1. The summed E-state index contributed by atoms with van der Waals surface area (Å²) in [5.74, 6) is 0.772. The zero-order chi connectivity index (χ0) is 17.8. The maximum absolute atomic E-state index is 6.10. The van der Waals surface area contributed by atoms with Crippen molar-refractivity contribution in [3.63, 3.8) is 0 Å². The van der Waals surface area contributed by atoms with Gasteiger partial charge >= 0.3 is 0 Å². The van der Waals surface area contributed by atoms with Crippen LogP contribution in [0.3, 0.4) is 0 Å². The Morgan fingerprint density at radius 3 is 2.96 bits per heavy atom. The van der Waals surface area contributed by atoms with Crippen molar-refractivity contribution in [1.29, 1.82) is 0 Å². The molecular weight excluding hydrogens is 340 g/mol. The predicted octanol–water partition coefficient (Wildman–Crippen LogP) is 1.97. The molecule has 0 spiro atoms. The van der Waals surface area contributed by atoms with Crippen LogP contribution in [0.2, 0.25) is 5.15 Å². The summed E-state index contributed by atoms with van der Waals surface area (Å²) in [5.41, 5.74) is 14.5. The molecule has 0 fully saturated rings. The molecule has 0 unspecified atom stereocenters. The SMILES string of the molecule is CN=CC(=CN)c1cnc(N)c(NCc2ccc3ncc(Cl)n3c2)n1. The summed E-state index contributed by atoms with van der Waals surface area (Å²) in [6.07, 6.45) is 8.10. The predicted molar refractivity (Wildman–Crippen MR) is 101 cm³/mol. The van der Waals surface area contributed by atoms with Crippen LogP contribution in [0.25, 0.3) is 11.2 Å². The van der Waals surface area contributed by atoms with Crippen molar-refractivity contribution in [2.24, 2.45) is 10.7 Å². The molecule has 0 saturated heterocycles. The van der Waals surface area contributed by atoms with Gasteiger partial charge in [-0.15, -0.1) is 0 Å². The molecule has 3 rings (SSSR count). The summed E-state index contributed by atoms with van der Waals surface area (Å²) in [5, 5.41) is 3.73. The number of imidazole rings is 1. The largest absolute Gasteiger partial charge is 0.404 e. The quantitative estimate of drug-likeness (QED) is 0.601. The van der Waals surface area contributed by atoms with Gasteiger partial charge in [-0.05, 0) is 11.6 Å². The zero-order valence-electron chi connectivity index (χ0n) is 13.5. The number of allylic oxidation sites excluding steroid dienone is 1. The van der Waals surface area contributed by atoms with Crippen LogP contribution in [-0.2, 0) is 6.54 Å². The maximum atomic E-state index is 6.10. The fourth-order valence-corrected chi connectivity index (χ4v) is 2.47. The van der Waals surface area contributed by atoms with Crippen LogP contribution >= 0.6 is 11.6 Å². The number of hydrogen-bond acceptors (Lipinski definition) is 7. The molecule has 0 saturated carbocycles. The van der Waals surface area contributed by atoms with Crippen LogP contribution in [0, 0.1) is 0 Å². The van der Waals surface area contributed by atoms with Crippen molar-refractivity contribution in [3.05, 3.63) is 53.3 Å². The van der Waals surface area contributed by atoms with E-state index in [2.05, 4.69) is 25.3 Å². The van der Waals surface area contributed by atoms with Crippen LogP contribution in [0.4, 0.5) is 11.6 Å². The molecule has 0 bridgehead atoms. The van der Waals surface area contributed by atoms with Crippen LogP contribution in [0.15, 0.2) is 41.9 Å². The van der Waals surface area contributed by atoms with Crippen molar-refractivity contribution in [3.8, 4) is 0 Å². The van der Waals surface area contributed by atoms with Crippen LogP contribution in [-0.4, -0.2) is 32.6 Å². The molecular formula is C16H17ClN8. The molecule has 3 aromatic rings. The Morgan fingerprint density at radius 1 is 1.36 bits per heavy atom. The second-order valence-electron chi connectivity index (χ2n) is 5.20. The Morgan fingerprint density at radius 2 is 2.20 bits per heavy atom. The van der Waals surface area contributed by atoms with E-state index in [9.17, 15) is 0 Å². The van der Waals surface area contributed by atoms with Gasteiger partial charge in [0.1, 0.15) is 10.8 Å². The summed E-state index contributed by atoms with van der Waals surface area (Å²) in [6, 6.07) is 3.84. The highest BCUT2D eigenvalue weighted by Crippen LogP contribution is 2.18. The van der Waals surface area contributed by atoms with E-state index in [4.69, 9.17) is 23.1 Å². The standard InChI is InChI=1S/C16H17ClN8/c1-20-6-11(4-18)12-7-22-15(19)16(24-12)23-5-10-2-3-14-21-8-13(17)25(14)9-10/h2-4,6-9H,5,18H2,1H3,(H2,19,22)(H,23,24). The molecule has 128 valence electrons. The highest BCUT2D eigenvalue weighted by molar-refractivity contribution is 6.29. The molecule has 8 nitrogen and oxygen atoms in total. The van der Waals surface area contributed by atoms with Gasteiger partial charge in [-0.1, -0.05) is 17.7 Å². The average molecular weight is 357 g/mol. The molecule has 5 N–H and O–H groups in total. The number of nitrogens with one attached hydrogen (secondary N) is 1. The number of halogens is 1. The fraction of sp³-hybridized carbons (Fsp3) is 0.125. The van der Waals surface area contributed by atoms with E-state index in [1.807, 2.05) is 18.3 Å². The molecule has 0 radical (unpaired) electrons. The van der Waals surface area contributed by atoms with E-state index in [1.54, 1.807) is 30.1 Å². The van der Waals surface area contributed by atoms with Crippen LogP contribution in [0.1, 0.15) is 11.3 Å². The molecule has 0 aromatic carbocycles. The third-order valence-corrected chi connectivity index (χ3v) is 3.81. The van der Waals surface area contributed by atoms with Crippen molar-refractivity contribution < 1.29 is 0 Å². The number of fused-ring (bicyclic) bond motifs is 1. The van der Waals surface area contributed by atoms with E-state index in [-0.39, 0.29) is 0 Å². The number of anilines is 2. The fourth-order valence-electron chi connectivity index (χ4n) is 2.29. The third-order valence-electron chi connectivity index (χ3n) is 3.53. The number of nitrogens with zero attached hydrogens (tertiary/aromatic N) is 5. The third kappa shape index (κ3) is 3.53. The van der Waals surface area contributed by atoms with Gasteiger partial charge in [0.2, 0.25) is 0 Å². The van der Waals surface area contributed by atoms with E-state index in [0.29, 0.717) is 34.6 Å². The Bertz CT molecular complexity index is 960. The molecule has 3 aromatic heterocycles.